The molecule has 0 saturated heterocycles. The number of carbonyl (C=O) groups is 2. The lowest BCUT2D eigenvalue weighted by Gasteiger charge is -2.34. The highest BCUT2D eigenvalue weighted by molar-refractivity contribution is 7.92. The summed E-state index contributed by atoms with van der Waals surface area (Å²) >= 11 is 6.08. The summed E-state index contributed by atoms with van der Waals surface area (Å²) in [6.45, 7) is 1.35. The van der Waals surface area contributed by atoms with Gasteiger partial charge in [-0.1, -0.05) is 84.4 Å². The molecule has 0 bridgehead atoms. The number of anilines is 1. The van der Waals surface area contributed by atoms with Crippen LogP contribution in [0.4, 0.5) is 10.1 Å². The molecule has 0 spiro atoms. The van der Waals surface area contributed by atoms with Gasteiger partial charge in [0, 0.05) is 24.5 Å². The first-order chi connectivity index (χ1) is 20.2. The van der Waals surface area contributed by atoms with Crippen LogP contribution in [0.3, 0.4) is 0 Å². The number of rotatable bonds is 12. The van der Waals surface area contributed by atoms with E-state index in [0.29, 0.717) is 17.1 Å². The summed E-state index contributed by atoms with van der Waals surface area (Å²) in [6.07, 6.45) is 0.178. The van der Waals surface area contributed by atoms with Gasteiger partial charge in [0.05, 0.1) is 10.6 Å². The van der Waals surface area contributed by atoms with Gasteiger partial charge in [-0.15, -0.1) is 0 Å². The molecule has 0 heterocycles. The number of sulfonamides is 1. The van der Waals surface area contributed by atoms with Crippen LogP contribution in [0.15, 0.2) is 114 Å². The minimum atomic E-state index is -4.37. The molecule has 4 aromatic rings. The molecule has 7 nitrogen and oxygen atoms in total. The van der Waals surface area contributed by atoms with E-state index in [9.17, 15) is 18.0 Å². The Morgan fingerprint density at radius 3 is 2.05 bits per heavy atom. The first-order valence-corrected chi connectivity index (χ1v) is 15.2. The Morgan fingerprint density at radius 1 is 0.833 bits per heavy atom. The van der Waals surface area contributed by atoms with Crippen molar-refractivity contribution < 1.29 is 22.4 Å². The van der Waals surface area contributed by atoms with Crippen molar-refractivity contribution in [3.63, 3.8) is 0 Å². The number of halogens is 2. The van der Waals surface area contributed by atoms with Gasteiger partial charge < -0.3 is 10.2 Å². The molecule has 0 fully saturated rings. The Morgan fingerprint density at radius 2 is 1.43 bits per heavy atom. The first kappa shape index (κ1) is 30.7. The van der Waals surface area contributed by atoms with Crippen LogP contribution >= 0.6 is 11.6 Å². The Bertz CT molecular complexity index is 1600. The van der Waals surface area contributed by atoms with Crippen LogP contribution in [0.2, 0.25) is 5.02 Å². The van der Waals surface area contributed by atoms with E-state index in [1.807, 2.05) is 30.3 Å². The zero-order chi connectivity index (χ0) is 30.1. The molecule has 0 saturated carbocycles. The minimum absolute atomic E-state index is 0.0128. The Kier molecular flexibility index (Phi) is 10.3. The van der Waals surface area contributed by atoms with Crippen LogP contribution in [-0.4, -0.2) is 44.3 Å². The number of carbonyl (C=O) groups excluding carboxylic acids is 2. The fourth-order valence-corrected chi connectivity index (χ4v) is 6.09. The van der Waals surface area contributed by atoms with Crippen LogP contribution in [-0.2, 0) is 32.6 Å². The van der Waals surface area contributed by atoms with Gasteiger partial charge in [-0.05, 0) is 54.4 Å². The molecule has 4 rings (SSSR count). The molecular weight excluding hydrogens is 577 g/mol. The number of hydrogen-bond acceptors (Lipinski definition) is 4. The third kappa shape index (κ3) is 7.54. The largest absolute Gasteiger partial charge is 0.355 e. The molecule has 0 unspecified atom stereocenters. The molecule has 42 heavy (non-hydrogen) atoms. The molecule has 1 atom stereocenters. The monoisotopic (exact) mass is 607 g/mol. The van der Waals surface area contributed by atoms with Crippen molar-refractivity contribution in [2.75, 3.05) is 17.4 Å². The average molecular weight is 608 g/mol. The smallest absolute Gasteiger partial charge is 0.264 e. The number of nitrogens with zero attached hydrogens (tertiary/aromatic N) is 2. The van der Waals surface area contributed by atoms with E-state index in [4.69, 9.17) is 11.6 Å². The summed E-state index contributed by atoms with van der Waals surface area (Å²) in [5.41, 5.74) is 1.21. The fourth-order valence-electron chi connectivity index (χ4n) is 4.52. The lowest BCUT2D eigenvalue weighted by molar-refractivity contribution is -0.140. The Labute approximate surface area is 250 Å². The van der Waals surface area contributed by atoms with E-state index in [0.717, 1.165) is 15.9 Å². The maximum absolute atomic E-state index is 15.1. The number of likely N-dealkylation sites (N-methyl/N-ethyl adjacent to an activating group) is 1. The summed E-state index contributed by atoms with van der Waals surface area (Å²) in [6, 6.07) is 27.9. The van der Waals surface area contributed by atoms with Crippen LogP contribution in [0.25, 0.3) is 0 Å². The first-order valence-electron chi connectivity index (χ1n) is 13.4. The molecule has 0 radical (unpaired) electrons. The topological polar surface area (TPSA) is 86.8 Å². The fraction of sp³-hybridized carbons (Fsp3) is 0.188. The Balaban J connectivity index is 1.79. The van der Waals surface area contributed by atoms with E-state index in [1.165, 1.54) is 35.2 Å². The molecule has 2 amide bonds. The number of benzene rings is 4. The Hall–Kier alpha value is -4.21. The number of amides is 2. The van der Waals surface area contributed by atoms with E-state index in [2.05, 4.69) is 5.32 Å². The predicted octanol–water partition coefficient (Wildman–Crippen LogP) is 5.45. The molecule has 0 aliphatic rings. The van der Waals surface area contributed by atoms with Crippen molar-refractivity contribution in [3.8, 4) is 0 Å². The van der Waals surface area contributed by atoms with Crippen molar-refractivity contribution in [2.24, 2.45) is 0 Å². The van der Waals surface area contributed by atoms with E-state index >= 15 is 4.39 Å². The van der Waals surface area contributed by atoms with Gasteiger partial charge in [-0.25, -0.2) is 12.8 Å². The molecule has 0 aliphatic carbocycles. The summed E-state index contributed by atoms with van der Waals surface area (Å²) < 4.78 is 43.5. The van der Waals surface area contributed by atoms with Crippen LogP contribution in [0.5, 0.6) is 0 Å². The maximum atomic E-state index is 15.1. The third-order valence-corrected chi connectivity index (χ3v) is 8.65. The molecule has 218 valence electrons. The van der Waals surface area contributed by atoms with Gasteiger partial charge in [0.1, 0.15) is 18.4 Å². The van der Waals surface area contributed by atoms with Crippen molar-refractivity contribution >= 4 is 39.1 Å². The quantitative estimate of drug-likeness (QED) is 0.232. The summed E-state index contributed by atoms with van der Waals surface area (Å²) in [4.78, 5) is 28.9. The SMILES string of the molecule is CCNC(=O)[C@H](Cc1ccccc1)N(Cc1ccc(Cl)cc1)C(=O)CN(c1ccccc1F)S(=O)(=O)c1ccccc1. The summed E-state index contributed by atoms with van der Waals surface area (Å²) in [5.74, 6) is -1.88. The highest BCUT2D eigenvalue weighted by atomic mass is 35.5. The van der Waals surface area contributed by atoms with E-state index < -0.39 is 40.2 Å². The third-order valence-electron chi connectivity index (χ3n) is 6.62. The zero-order valence-electron chi connectivity index (χ0n) is 23.0. The van der Waals surface area contributed by atoms with Crippen molar-refractivity contribution in [1.82, 2.24) is 10.2 Å². The molecule has 0 aromatic heterocycles. The van der Waals surface area contributed by atoms with Gasteiger partial charge in [0.25, 0.3) is 10.0 Å². The number of para-hydroxylation sites is 1. The van der Waals surface area contributed by atoms with Gasteiger partial charge in [0.15, 0.2) is 0 Å². The van der Waals surface area contributed by atoms with Gasteiger partial charge in [-0.2, -0.15) is 0 Å². The summed E-state index contributed by atoms with van der Waals surface area (Å²) in [7, 11) is -4.37. The molecule has 0 aliphatic heterocycles. The standard InChI is InChI=1S/C32H31ClFN3O4S/c1-2-35-32(39)30(21-24-11-5-3-6-12-24)36(22-25-17-19-26(33)20-18-25)31(38)23-37(29-16-10-9-15-28(29)34)42(40,41)27-13-7-4-8-14-27/h3-20,30H,2,21-23H2,1H3,(H,35,39)/t30-/m0/s1. The number of nitrogens with one attached hydrogen (secondary N) is 1. The summed E-state index contributed by atoms with van der Waals surface area (Å²) in [5, 5.41) is 3.30. The van der Waals surface area contributed by atoms with Crippen LogP contribution in [0, 0.1) is 5.82 Å². The molecule has 1 N–H and O–H groups in total. The van der Waals surface area contributed by atoms with Crippen LogP contribution < -0.4 is 9.62 Å². The molecule has 10 heteroatoms. The highest BCUT2D eigenvalue weighted by Gasteiger charge is 2.35. The van der Waals surface area contributed by atoms with Crippen LogP contribution in [0.1, 0.15) is 18.1 Å². The second-order valence-electron chi connectivity index (χ2n) is 9.52. The van der Waals surface area contributed by atoms with Crippen molar-refractivity contribution in [1.29, 1.82) is 0 Å². The zero-order valence-corrected chi connectivity index (χ0v) is 24.6. The van der Waals surface area contributed by atoms with E-state index in [-0.39, 0.29) is 23.5 Å². The normalized spacial score (nSPS) is 11.9. The lowest BCUT2D eigenvalue weighted by Crippen LogP contribution is -2.53. The average Bonchev–Trinajstić information content (AvgIpc) is 3.00. The lowest BCUT2D eigenvalue weighted by atomic mass is 10.0. The highest BCUT2D eigenvalue weighted by Crippen LogP contribution is 2.27. The van der Waals surface area contributed by atoms with Gasteiger partial charge in [0.2, 0.25) is 11.8 Å². The second kappa shape index (κ2) is 14.1. The minimum Gasteiger partial charge on any atom is -0.355 e. The molecular formula is C32H31ClFN3O4S. The predicted molar refractivity (Wildman–Crippen MR) is 162 cm³/mol. The number of hydrogen-bond donors (Lipinski definition) is 1. The van der Waals surface area contributed by atoms with Crippen molar-refractivity contribution in [2.45, 2.75) is 30.8 Å². The second-order valence-corrected chi connectivity index (χ2v) is 11.8. The van der Waals surface area contributed by atoms with Gasteiger partial charge >= 0.3 is 0 Å². The van der Waals surface area contributed by atoms with Gasteiger partial charge in [-0.3, -0.25) is 13.9 Å². The maximum Gasteiger partial charge on any atom is 0.264 e. The van der Waals surface area contributed by atoms with E-state index in [1.54, 1.807) is 49.4 Å². The van der Waals surface area contributed by atoms with Crippen molar-refractivity contribution in [3.05, 3.63) is 131 Å². The molecule has 4 aromatic carbocycles.